The largest absolute Gasteiger partial charge is 0.350 e. The summed E-state index contributed by atoms with van der Waals surface area (Å²) in [7, 11) is 0. The van der Waals surface area contributed by atoms with Crippen LogP contribution in [0, 0.1) is 20.8 Å². The van der Waals surface area contributed by atoms with Crippen LogP contribution in [0.25, 0.3) is 5.57 Å². The molecular weight excluding hydrogens is 408 g/mol. The van der Waals surface area contributed by atoms with Gasteiger partial charge >= 0.3 is 0 Å². The Morgan fingerprint density at radius 2 is 1.52 bits per heavy atom. The van der Waals surface area contributed by atoms with Crippen LogP contribution >= 0.6 is 11.6 Å². The predicted octanol–water partition coefficient (Wildman–Crippen LogP) is 5.66. The molecule has 156 valence electrons. The fourth-order valence-corrected chi connectivity index (χ4v) is 3.84. The van der Waals surface area contributed by atoms with Gasteiger partial charge in [0.25, 0.3) is 11.8 Å². The van der Waals surface area contributed by atoms with Crippen molar-refractivity contribution in [2.24, 2.45) is 0 Å². The zero-order valence-corrected chi connectivity index (χ0v) is 18.5. The van der Waals surface area contributed by atoms with Gasteiger partial charge in [-0.05, 0) is 60.7 Å². The van der Waals surface area contributed by atoms with Gasteiger partial charge in [-0.2, -0.15) is 0 Å². The Bertz CT molecular complexity index is 1230. The van der Waals surface area contributed by atoms with Crippen molar-refractivity contribution in [3.05, 3.63) is 105 Å². The molecule has 0 bridgehead atoms. The molecule has 0 aromatic heterocycles. The third-order valence-corrected chi connectivity index (χ3v) is 6.02. The van der Waals surface area contributed by atoms with Crippen molar-refractivity contribution in [3.63, 3.8) is 0 Å². The lowest BCUT2D eigenvalue weighted by atomic mass is 9.99. The number of nitrogens with one attached hydrogen (secondary N) is 1. The number of aryl methyl sites for hydroxylation is 3. The zero-order chi connectivity index (χ0) is 22.1. The third-order valence-electron chi connectivity index (χ3n) is 5.65. The van der Waals surface area contributed by atoms with Gasteiger partial charge in [-0.3, -0.25) is 14.5 Å². The number of carbonyl (C=O) groups is 2. The van der Waals surface area contributed by atoms with E-state index in [9.17, 15) is 9.59 Å². The summed E-state index contributed by atoms with van der Waals surface area (Å²) in [6.45, 7) is 6.09. The van der Waals surface area contributed by atoms with Crippen molar-refractivity contribution in [2.75, 3.05) is 5.32 Å². The van der Waals surface area contributed by atoms with Gasteiger partial charge in [0.05, 0.1) is 12.1 Å². The highest BCUT2D eigenvalue weighted by atomic mass is 35.5. The molecule has 0 saturated heterocycles. The number of imide groups is 1. The van der Waals surface area contributed by atoms with E-state index in [-0.39, 0.29) is 24.1 Å². The van der Waals surface area contributed by atoms with Crippen LogP contribution in [-0.2, 0) is 16.1 Å². The van der Waals surface area contributed by atoms with Gasteiger partial charge in [0, 0.05) is 10.7 Å². The van der Waals surface area contributed by atoms with Gasteiger partial charge < -0.3 is 5.32 Å². The molecule has 1 N–H and O–H groups in total. The molecule has 1 aliphatic rings. The molecule has 5 heteroatoms. The molecular formula is C26H23ClN2O2. The topological polar surface area (TPSA) is 49.4 Å². The molecule has 0 saturated carbocycles. The first kappa shape index (κ1) is 20.9. The summed E-state index contributed by atoms with van der Waals surface area (Å²) in [5.41, 5.74) is 6.07. The molecule has 0 radical (unpaired) electrons. The molecule has 0 unspecified atom stereocenters. The number of benzene rings is 3. The Balaban J connectivity index is 1.80. The Kier molecular flexibility index (Phi) is 5.66. The van der Waals surface area contributed by atoms with Gasteiger partial charge in [0.2, 0.25) is 0 Å². The van der Waals surface area contributed by atoms with E-state index in [4.69, 9.17) is 11.6 Å². The lowest BCUT2D eigenvalue weighted by molar-refractivity contribution is -0.137. The fourth-order valence-electron chi connectivity index (χ4n) is 3.65. The van der Waals surface area contributed by atoms with Gasteiger partial charge in [-0.15, -0.1) is 0 Å². The normalized spacial score (nSPS) is 13.9. The second-order valence-corrected chi connectivity index (χ2v) is 8.18. The number of halogens is 1. The van der Waals surface area contributed by atoms with Crippen molar-refractivity contribution < 1.29 is 9.59 Å². The van der Waals surface area contributed by atoms with E-state index in [0.29, 0.717) is 10.6 Å². The van der Waals surface area contributed by atoms with Crippen LogP contribution in [0.3, 0.4) is 0 Å². The lowest BCUT2D eigenvalue weighted by Crippen LogP contribution is -2.32. The number of hydrogen-bond acceptors (Lipinski definition) is 3. The fraction of sp³-hybridized carbons (Fsp3) is 0.154. The average Bonchev–Trinajstić information content (AvgIpc) is 2.97. The Morgan fingerprint density at radius 1 is 0.806 bits per heavy atom. The van der Waals surface area contributed by atoms with E-state index >= 15 is 0 Å². The van der Waals surface area contributed by atoms with E-state index in [1.807, 2.05) is 81.4 Å². The smallest absolute Gasteiger partial charge is 0.278 e. The van der Waals surface area contributed by atoms with E-state index in [1.165, 1.54) is 4.90 Å². The van der Waals surface area contributed by atoms with E-state index in [1.54, 1.807) is 6.07 Å². The van der Waals surface area contributed by atoms with Gasteiger partial charge in [-0.1, -0.05) is 66.2 Å². The Hall–Kier alpha value is -3.37. The molecule has 1 aliphatic heterocycles. The standard InChI is InChI=1S/C26H23ClN2O2/c1-16-12-13-19(14-18(16)3)23-24(28-22-11-7-4-8-17(22)2)26(31)29(25(23)30)15-20-9-5-6-10-21(20)27/h4-14,28H,15H2,1-3H3. The van der Waals surface area contributed by atoms with Crippen LogP contribution in [0.4, 0.5) is 5.69 Å². The van der Waals surface area contributed by atoms with Crippen LogP contribution in [-0.4, -0.2) is 16.7 Å². The minimum atomic E-state index is -0.360. The molecule has 31 heavy (non-hydrogen) atoms. The minimum absolute atomic E-state index is 0.116. The van der Waals surface area contributed by atoms with E-state index < -0.39 is 0 Å². The number of nitrogens with zero attached hydrogens (tertiary/aromatic N) is 1. The van der Waals surface area contributed by atoms with E-state index in [2.05, 4.69) is 5.32 Å². The lowest BCUT2D eigenvalue weighted by Gasteiger charge is -2.16. The minimum Gasteiger partial charge on any atom is -0.350 e. The summed E-state index contributed by atoms with van der Waals surface area (Å²) in [5, 5.41) is 3.76. The molecule has 0 fully saturated rings. The molecule has 0 atom stereocenters. The first-order valence-corrected chi connectivity index (χ1v) is 10.5. The van der Waals surface area contributed by atoms with Crippen LogP contribution in [0.15, 0.2) is 72.4 Å². The van der Waals surface area contributed by atoms with Crippen molar-refractivity contribution >= 4 is 34.7 Å². The molecule has 3 aromatic rings. The first-order valence-electron chi connectivity index (χ1n) is 10.1. The summed E-state index contributed by atoms with van der Waals surface area (Å²) in [6.07, 6.45) is 0. The zero-order valence-electron chi connectivity index (χ0n) is 17.7. The second kappa shape index (κ2) is 8.40. The van der Waals surface area contributed by atoms with Crippen molar-refractivity contribution in [1.29, 1.82) is 0 Å². The average molecular weight is 431 g/mol. The highest BCUT2D eigenvalue weighted by Crippen LogP contribution is 2.33. The number of rotatable bonds is 5. The molecule has 2 amide bonds. The third kappa shape index (κ3) is 3.99. The number of para-hydroxylation sites is 1. The molecule has 4 rings (SSSR count). The summed E-state index contributed by atoms with van der Waals surface area (Å²) in [4.78, 5) is 28.2. The SMILES string of the molecule is Cc1ccc(C2=C(Nc3ccccc3C)C(=O)N(Cc3ccccc3Cl)C2=O)cc1C. The first-order chi connectivity index (χ1) is 14.9. The van der Waals surface area contributed by atoms with Crippen molar-refractivity contribution in [1.82, 2.24) is 4.90 Å². The van der Waals surface area contributed by atoms with E-state index in [0.717, 1.165) is 33.5 Å². The summed E-state index contributed by atoms with van der Waals surface area (Å²) >= 11 is 6.30. The van der Waals surface area contributed by atoms with Crippen LogP contribution < -0.4 is 5.32 Å². The maximum atomic E-state index is 13.5. The Morgan fingerprint density at radius 3 is 2.23 bits per heavy atom. The predicted molar refractivity (Wildman–Crippen MR) is 125 cm³/mol. The van der Waals surface area contributed by atoms with Gasteiger partial charge in [0.1, 0.15) is 5.70 Å². The molecule has 0 aliphatic carbocycles. The maximum absolute atomic E-state index is 13.5. The van der Waals surface area contributed by atoms with Gasteiger partial charge in [-0.25, -0.2) is 0 Å². The summed E-state index contributed by atoms with van der Waals surface area (Å²) in [6, 6.07) is 20.7. The highest BCUT2D eigenvalue weighted by molar-refractivity contribution is 6.36. The van der Waals surface area contributed by atoms with Crippen molar-refractivity contribution in [2.45, 2.75) is 27.3 Å². The second-order valence-electron chi connectivity index (χ2n) is 7.78. The maximum Gasteiger partial charge on any atom is 0.278 e. The number of carbonyl (C=O) groups excluding carboxylic acids is 2. The monoisotopic (exact) mass is 430 g/mol. The van der Waals surface area contributed by atoms with Crippen LogP contribution in [0.1, 0.15) is 27.8 Å². The molecule has 3 aromatic carbocycles. The number of amides is 2. The summed E-state index contributed by atoms with van der Waals surface area (Å²) < 4.78 is 0. The quantitative estimate of drug-likeness (QED) is 0.531. The molecule has 4 nitrogen and oxygen atoms in total. The number of hydrogen-bond donors (Lipinski definition) is 1. The van der Waals surface area contributed by atoms with Crippen LogP contribution in [0.2, 0.25) is 5.02 Å². The summed E-state index contributed by atoms with van der Waals surface area (Å²) in [5.74, 6) is -0.689. The van der Waals surface area contributed by atoms with Gasteiger partial charge in [0.15, 0.2) is 0 Å². The molecule has 1 heterocycles. The van der Waals surface area contributed by atoms with Crippen LogP contribution in [0.5, 0.6) is 0 Å². The number of anilines is 1. The Labute approximate surface area is 187 Å². The highest BCUT2D eigenvalue weighted by Gasteiger charge is 2.39. The van der Waals surface area contributed by atoms with Crippen molar-refractivity contribution in [3.8, 4) is 0 Å². The molecule has 0 spiro atoms.